The first-order valence-electron chi connectivity index (χ1n) is 29.9. The van der Waals surface area contributed by atoms with Crippen molar-refractivity contribution in [3.8, 4) is 23.0 Å². The average Bonchev–Trinajstić information content (AvgIpc) is 0.829. The molecule has 4 saturated heterocycles. The molecule has 22 nitrogen and oxygen atoms in total. The van der Waals surface area contributed by atoms with E-state index in [2.05, 4.69) is 53.2 Å². The first-order chi connectivity index (χ1) is 43.9. The topological polar surface area (TPSA) is 227 Å². The molecule has 4 aliphatic heterocycles. The lowest BCUT2D eigenvalue weighted by atomic mass is 10.1. The molecule has 0 bridgehead atoms. The summed E-state index contributed by atoms with van der Waals surface area (Å²) in [5, 5.41) is 2.72. The minimum Gasteiger partial charge on any atom is -0.493 e. The third-order valence-electron chi connectivity index (χ3n) is 16.1. The fourth-order valence-electron chi connectivity index (χ4n) is 11.2. The summed E-state index contributed by atoms with van der Waals surface area (Å²) in [5.41, 5.74) is 6.62. The van der Waals surface area contributed by atoms with Gasteiger partial charge in [-0.05, 0) is 84.1 Å². The highest BCUT2D eigenvalue weighted by Crippen LogP contribution is 2.34. The number of piperazine rings is 4. The fraction of sp³-hybridized carbons (Fsp3) is 0.394. The zero-order chi connectivity index (χ0) is 65.1. The van der Waals surface area contributed by atoms with Gasteiger partial charge in [0.25, 0.3) is 0 Å². The third kappa shape index (κ3) is 17.8. The molecule has 3 amide bonds. The summed E-state index contributed by atoms with van der Waals surface area (Å²) in [6.45, 7) is 10.2. The van der Waals surface area contributed by atoms with Gasteiger partial charge in [-0.2, -0.15) is 8.61 Å². The Bertz CT molecular complexity index is 3630. The number of benzene rings is 6. The fourth-order valence-corrected chi connectivity index (χ4v) is 14.5. The van der Waals surface area contributed by atoms with Crippen LogP contribution in [0, 0.1) is 13.8 Å². The van der Waals surface area contributed by atoms with Crippen LogP contribution in [0.5, 0.6) is 23.0 Å². The summed E-state index contributed by atoms with van der Waals surface area (Å²) < 4.78 is 89.6. The Labute approximate surface area is 539 Å². The molecule has 0 aromatic heterocycles. The lowest BCUT2D eigenvalue weighted by Crippen LogP contribution is -2.63. The highest BCUT2D eigenvalue weighted by molar-refractivity contribution is 7.89. The van der Waals surface area contributed by atoms with Crippen molar-refractivity contribution in [1.82, 2.24) is 28.6 Å². The van der Waals surface area contributed by atoms with Crippen LogP contribution in [0.3, 0.4) is 0 Å². The van der Waals surface area contributed by atoms with Gasteiger partial charge in [-0.15, -0.1) is 0 Å². The van der Waals surface area contributed by atoms with Crippen LogP contribution >= 0.6 is 11.6 Å². The van der Waals surface area contributed by atoms with E-state index in [1.54, 1.807) is 15.9 Å². The van der Waals surface area contributed by atoms with Crippen molar-refractivity contribution in [1.29, 1.82) is 0 Å². The number of hydrogen-bond acceptors (Lipinski definition) is 17. The summed E-state index contributed by atoms with van der Waals surface area (Å²) in [4.78, 5) is 60.7. The summed E-state index contributed by atoms with van der Waals surface area (Å²) in [6, 6.07) is 42.4. The normalized spacial score (nSPS) is 17.4. The number of carbonyl (C=O) groups excluding carboxylic acids is 4. The number of nitrogens with one attached hydrogen (secondary N) is 1. The molecule has 0 saturated carbocycles. The minimum atomic E-state index is -4.14. The number of hydrogen-bond donors (Lipinski definition) is 1. The Balaban J connectivity index is 0.000000203. The van der Waals surface area contributed by atoms with Crippen molar-refractivity contribution < 1.29 is 64.4 Å². The van der Waals surface area contributed by atoms with Crippen LogP contribution in [-0.2, 0) is 61.9 Å². The molecule has 10 rings (SSSR count). The SMILES string of the molecule is COc1ccc(S(=O)(=O)N2CCN(C(=O)COCc3ccccc3)CC2C(=O)N2CCN(c3ccccc3C)CC2)cc1OC.COc1ccc(S(=O)(=O)N2CCNCC2C(=O)N2CCN(c3ccccc3C)CC2)cc1OC.O=C(Cl)COCc1ccccc1. The summed E-state index contributed by atoms with van der Waals surface area (Å²) in [6.07, 6.45) is 0. The van der Waals surface area contributed by atoms with Crippen LogP contribution in [0.4, 0.5) is 11.4 Å². The molecule has 0 spiro atoms. The van der Waals surface area contributed by atoms with Crippen LogP contribution in [-0.4, -0.2) is 208 Å². The second-order valence-corrected chi connectivity index (χ2v) is 26.1. The van der Waals surface area contributed by atoms with Crippen LogP contribution < -0.4 is 34.1 Å². The lowest BCUT2D eigenvalue weighted by Gasteiger charge is -2.43. The second kappa shape index (κ2) is 33.0. The molecule has 4 heterocycles. The smallest absolute Gasteiger partial charge is 0.248 e. The number of nitrogens with zero attached hydrogens (tertiary/aromatic N) is 7. The number of anilines is 2. The number of amides is 3. The van der Waals surface area contributed by atoms with Crippen LogP contribution in [0.2, 0.25) is 0 Å². The Morgan fingerprint density at radius 2 is 0.879 bits per heavy atom. The Morgan fingerprint density at radius 3 is 1.32 bits per heavy atom. The molecular formula is C66H81ClN8O14S2. The zero-order valence-electron chi connectivity index (χ0n) is 52.3. The number of rotatable bonds is 20. The summed E-state index contributed by atoms with van der Waals surface area (Å²) >= 11 is 5.08. The molecule has 488 valence electrons. The van der Waals surface area contributed by atoms with Crippen molar-refractivity contribution in [2.75, 3.05) is 143 Å². The Morgan fingerprint density at radius 1 is 0.473 bits per heavy atom. The molecule has 6 aromatic carbocycles. The van der Waals surface area contributed by atoms with Crippen molar-refractivity contribution in [2.45, 2.75) is 48.9 Å². The van der Waals surface area contributed by atoms with Gasteiger partial charge in [0, 0.05) is 115 Å². The van der Waals surface area contributed by atoms with E-state index < -0.39 is 37.4 Å². The van der Waals surface area contributed by atoms with Gasteiger partial charge < -0.3 is 58.2 Å². The largest absolute Gasteiger partial charge is 0.493 e. The van der Waals surface area contributed by atoms with Crippen LogP contribution in [0.1, 0.15) is 22.3 Å². The van der Waals surface area contributed by atoms with E-state index in [1.165, 1.54) is 83.5 Å². The molecular weight excluding hydrogens is 1230 g/mol. The van der Waals surface area contributed by atoms with E-state index >= 15 is 0 Å². The van der Waals surface area contributed by atoms with Crippen molar-refractivity contribution in [2.24, 2.45) is 0 Å². The van der Waals surface area contributed by atoms with E-state index in [1.807, 2.05) is 84.9 Å². The zero-order valence-corrected chi connectivity index (χ0v) is 54.7. The highest BCUT2D eigenvalue weighted by Gasteiger charge is 2.44. The molecule has 1 N–H and O–H groups in total. The number of aryl methyl sites for hydroxylation is 2. The standard InChI is InChI=1S/C33H40N4O7S.C24H32N4O5S.C9H9ClO2/c1-25-9-7-8-12-28(25)34-15-17-35(18-16-34)33(39)29-22-36(32(38)24-44-23-26-10-5-4-6-11-26)19-20-37(29)45(40,41)27-13-14-30(42-2)31(21-27)43-3;1-18-6-4-5-7-20(18)26-12-14-27(15-13-26)24(29)21-17-25-10-11-28(21)34(30,31)19-8-9-22(32-2)23(16-19)33-3;10-9(11)7-12-6-8-4-2-1-3-5-8/h4-14,21,29H,15-20,22-24H2,1-3H3;4-9,16,21,25H,10-15,17H2,1-3H3;1-5H,6-7H2. The van der Waals surface area contributed by atoms with Gasteiger partial charge in [-0.1, -0.05) is 97.1 Å². The van der Waals surface area contributed by atoms with E-state index in [0.29, 0.717) is 82.8 Å². The molecule has 2 atom stereocenters. The molecule has 4 aliphatic rings. The van der Waals surface area contributed by atoms with E-state index in [-0.39, 0.29) is 85.8 Å². The van der Waals surface area contributed by atoms with Gasteiger partial charge in [0.1, 0.15) is 25.3 Å². The first kappa shape index (κ1) is 69.1. The van der Waals surface area contributed by atoms with E-state index in [4.69, 9.17) is 40.0 Å². The number of halogens is 1. The van der Waals surface area contributed by atoms with Gasteiger partial charge in [-0.25, -0.2) is 16.8 Å². The number of para-hydroxylation sites is 2. The maximum atomic E-state index is 14.1. The van der Waals surface area contributed by atoms with Gasteiger partial charge in [0.05, 0.1) is 51.4 Å². The minimum absolute atomic E-state index is 0.0201. The number of methoxy groups -OCH3 is 4. The van der Waals surface area contributed by atoms with Gasteiger partial charge in [0.2, 0.25) is 43.0 Å². The number of sulfonamides is 2. The number of ether oxygens (including phenoxy) is 6. The number of carbonyl (C=O) groups is 4. The van der Waals surface area contributed by atoms with Crippen molar-refractivity contribution in [3.05, 3.63) is 168 Å². The van der Waals surface area contributed by atoms with Crippen molar-refractivity contribution >= 4 is 66.0 Å². The first-order valence-corrected chi connectivity index (χ1v) is 33.2. The molecule has 6 aromatic rings. The maximum absolute atomic E-state index is 14.1. The highest BCUT2D eigenvalue weighted by atomic mass is 35.5. The molecule has 91 heavy (non-hydrogen) atoms. The van der Waals surface area contributed by atoms with Gasteiger partial charge >= 0.3 is 0 Å². The van der Waals surface area contributed by atoms with E-state index in [0.717, 1.165) is 22.4 Å². The second-order valence-electron chi connectivity index (χ2n) is 21.9. The summed E-state index contributed by atoms with van der Waals surface area (Å²) in [7, 11) is -2.20. The average molecular weight is 1310 g/mol. The predicted octanol–water partition coefficient (Wildman–Crippen LogP) is 6.07. The van der Waals surface area contributed by atoms with Gasteiger partial charge in [0.15, 0.2) is 23.0 Å². The third-order valence-corrected chi connectivity index (χ3v) is 20.0. The predicted molar refractivity (Wildman–Crippen MR) is 347 cm³/mol. The van der Waals surface area contributed by atoms with Crippen molar-refractivity contribution in [3.63, 3.8) is 0 Å². The Kier molecular flexibility index (Phi) is 25.0. The van der Waals surface area contributed by atoms with Crippen LogP contribution in [0.25, 0.3) is 0 Å². The summed E-state index contributed by atoms with van der Waals surface area (Å²) in [5.74, 6) is 0.637. The van der Waals surface area contributed by atoms with Gasteiger partial charge in [-0.3, -0.25) is 19.2 Å². The quantitative estimate of drug-likeness (QED) is 0.0856. The maximum Gasteiger partial charge on any atom is 0.248 e. The van der Waals surface area contributed by atoms with E-state index in [9.17, 15) is 36.0 Å². The molecule has 25 heteroatoms. The lowest BCUT2D eigenvalue weighted by molar-refractivity contribution is -0.144. The molecule has 0 radical (unpaired) electrons. The molecule has 0 aliphatic carbocycles. The monoisotopic (exact) mass is 1310 g/mol. The molecule has 4 fully saturated rings. The Hall–Kier alpha value is -7.81. The van der Waals surface area contributed by atoms with Crippen LogP contribution in [0.15, 0.2) is 155 Å². The molecule has 2 unspecified atom stereocenters.